The molecule has 1 aromatic carbocycles. The zero-order chi connectivity index (χ0) is 13.0. The van der Waals surface area contributed by atoms with Crippen LogP contribution in [-0.2, 0) is 6.42 Å². The highest BCUT2D eigenvalue weighted by molar-refractivity contribution is 5.81. The first-order chi connectivity index (χ1) is 8.72. The molecule has 0 saturated heterocycles. The van der Waals surface area contributed by atoms with Gasteiger partial charge in [-0.15, -0.1) is 0 Å². The van der Waals surface area contributed by atoms with Gasteiger partial charge in [0.2, 0.25) is 0 Å². The minimum Gasteiger partial charge on any atom is -0.319 e. The van der Waals surface area contributed by atoms with Crippen molar-refractivity contribution >= 4 is 10.9 Å². The van der Waals surface area contributed by atoms with Gasteiger partial charge in [0, 0.05) is 11.6 Å². The molecule has 2 unspecified atom stereocenters. The highest BCUT2D eigenvalue weighted by atomic mass is 14.8. The molecule has 96 valence electrons. The van der Waals surface area contributed by atoms with Gasteiger partial charge < -0.3 is 5.32 Å². The number of aromatic nitrogens is 1. The van der Waals surface area contributed by atoms with Gasteiger partial charge in [0.15, 0.2) is 0 Å². The van der Waals surface area contributed by atoms with Crippen molar-refractivity contribution < 1.29 is 0 Å². The van der Waals surface area contributed by atoms with E-state index >= 15 is 0 Å². The van der Waals surface area contributed by atoms with Crippen molar-refractivity contribution in [3.8, 4) is 0 Å². The van der Waals surface area contributed by atoms with E-state index in [1.807, 2.05) is 19.3 Å². The van der Waals surface area contributed by atoms with Crippen LogP contribution in [0.5, 0.6) is 0 Å². The molecule has 0 spiro atoms. The molecule has 2 rings (SSSR count). The van der Waals surface area contributed by atoms with Gasteiger partial charge in [-0.05, 0) is 49.5 Å². The van der Waals surface area contributed by atoms with Gasteiger partial charge in [-0.2, -0.15) is 0 Å². The van der Waals surface area contributed by atoms with E-state index in [-0.39, 0.29) is 0 Å². The van der Waals surface area contributed by atoms with Gasteiger partial charge in [-0.1, -0.05) is 32.0 Å². The molecule has 0 saturated carbocycles. The van der Waals surface area contributed by atoms with Crippen LogP contribution < -0.4 is 5.32 Å². The Kier molecular flexibility index (Phi) is 4.32. The molecule has 2 nitrogen and oxygen atoms in total. The molecule has 2 aromatic rings. The lowest BCUT2D eigenvalue weighted by atomic mass is 9.88. The molecular formula is C16H22N2. The second-order valence-electron chi connectivity index (χ2n) is 5.20. The number of hydrogen-bond donors (Lipinski definition) is 1. The second kappa shape index (κ2) is 5.96. The average Bonchev–Trinajstić information content (AvgIpc) is 2.39. The number of nitrogens with one attached hydrogen (secondary N) is 1. The van der Waals surface area contributed by atoms with Gasteiger partial charge in [0.05, 0.1) is 5.52 Å². The van der Waals surface area contributed by atoms with Crippen LogP contribution in [0.3, 0.4) is 0 Å². The first-order valence-corrected chi connectivity index (χ1v) is 6.69. The maximum absolute atomic E-state index is 4.42. The Morgan fingerprint density at radius 1 is 1.11 bits per heavy atom. The molecule has 1 heterocycles. The van der Waals surface area contributed by atoms with E-state index in [1.54, 1.807) is 0 Å². The third-order valence-electron chi connectivity index (χ3n) is 3.78. The van der Waals surface area contributed by atoms with Crippen molar-refractivity contribution in [3.05, 3.63) is 42.1 Å². The monoisotopic (exact) mass is 242 g/mol. The Labute approximate surface area is 109 Å². The first-order valence-electron chi connectivity index (χ1n) is 6.69. The largest absolute Gasteiger partial charge is 0.319 e. The number of fused-ring (bicyclic) bond motifs is 1. The Balaban J connectivity index is 2.21. The number of pyridine rings is 1. The van der Waals surface area contributed by atoms with Gasteiger partial charge >= 0.3 is 0 Å². The van der Waals surface area contributed by atoms with Crippen molar-refractivity contribution in [2.24, 2.45) is 11.8 Å². The van der Waals surface area contributed by atoms with Crippen molar-refractivity contribution in [3.63, 3.8) is 0 Å². The lowest BCUT2D eigenvalue weighted by Crippen LogP contribution is -2.23. The summed E-state index contributed by atoms with van der Waals surface area (Å²) in [6.07, 6.45) is 3.04. The Bertz CT molecular complexity index is 502. The van der Waals surface area contributed by atoms with Crippen LogP contribution in [0.15, 0.2) is 36.5 Å². The molecule has 0 aliphatic carbocycles. The first kappa shape index (κ1) is 13.0. The number of para-hydroxylation sites is 1. The lowest BCUT2D eigenvalue weighted by molar-refractivity contribution is 0.375. The summed E-state index contributed by atoms with van der Waals surface area (Å²) in [5.41, 5.74) is 2.51. The normalized spacial score (nSPS) is 14.6. The lowest BCUT2D eigenvalue weighted by Gasteiger charge is -2.20. The van der Waals surface area contributed by atoms with Crippen molar-refractivity contribution in [1.82, 2.24) is 10.3 Å². The summed E-state index contributed by atoms with van der Waals surface area (Å²) in [7, 11) is 2.02. The van der Waals surface area contributed by atoms with Crippen LogP contribution in [0.25, 0.3) is 10.9 Å². The fourth-order valence-corrected chi connectivity index (χ4v) is 2.40. The Hall–Kier alpha value is -1.41. The van der Waals surface area contributed by atoms with Gasteiger partial charge in [-0.25, -0.2) is 0 Å². The van der Waals surface area contributed by atoms with E-state index in [1.165, 1.54) is 10.9 Å². The smallest absolute Gasteiger partial charge is 0.0704 e. The summed E-state index contributed by atoms with van der Waals surface area (Å²) in [6, 6.07) is 10.6. The van der Waals surface area contributed by atoms with Crippen LogP contribution in [0.4, 0.5) is 0 Å². The third kappa shape index (κ3) is 2.88. The van der Waals surface area contributed by atoms with Crippen molar-refractivity contribution in [2.75, 3.05) is 13.6 Å². The van der Waals surface area contributed by atoms with Crippen LogP contribution in [0.1, 0.15) is 19.4 Å². The number of hydrogen-bond acceptors (Lipinski definition) is 2. The van der Waals surface area contributed by atoms with E-state index in [2.05, 4.69) is 48.4 Å². The predicted octanol–water partition coefficient (Wildman–Crippen LogP) is 3.27. The molecular weight excluding hydrogens is 220 g/mol. The maximum atomic E-state index is 4.42. The molecule has 0 amide bonds. The molecule has 0 fully saturated rings. The van der Waals surface area contributed by atoms with E-state index in [9.17, 15) is 0 Å². The molecule has 18 heavy (non-hydrogen) atoms. The van der Waals surface area contributed by atoms with Crippen LogP contribution in [0, 0.1) is 11.8 Å². The van der Waals surface area contributed by atoms with E-state index in [4.69, 9.17) is 0 Å². The Morgan fingerprint density at radius 3 is 2.67 bits per heavy atom. The standard InChI is InChI=1S/C16H22N2/c1-12(13(2)11-17-3)10-14-8-9-18-16-7-5-4-6-15(14)16/h4-9,12-13,17H,10-11H2,1-3H3. The summed E-state index contributed by atoms with van der Waals surface area (Å²) in [5.74, 6) is 1.35. The fourth-order valence-electron chi connectivity index (χ4n) is 2.40. The topological polar surface area (TPSA) is 24.9 Å². The maximum Gasteiger partial charge on any atom is 0.0704 e. The second-order valence-corrected chi connectivity index (χ2v) is 5.20. The van der Waals surface area contributed by atoms with Crippen LogP contribution in [-0.4, -0.2) is 18.6 Å². The zero-order valence-electron chi connectivity index (χ0n) is 11.5. The van der Waals surface area contributed by atoms with Gasteiger partial charge in [0.1, 0.15) is 0 Å². The predicted molar refractivity (Wildman–Crippen MR) is 77.7 cm³/mol. The number of benzene rings is 1. The Morgan fingerprint density at radius 2 is 1.89 bits per heavy atom. The van der Waals surface area contributed by atoms with E-state index < -0.39 is 0 Å². The van der Waals surface area contributed by atoms with E-state index in [0.29, 0.717) is 11.8 Å². The average molecular weight is 242 g/mol. The van der Waals surface area contributed by atoms with Gasteiger partial charge in [-0.3, -0.25) is 4.98 Å². The summed E-state index contributed by atoms with van der Waals surface area (Å²) < 4.78 is 0. The molecule has 0 bridgehead atoms. The highest BCUT2D eigenvalue weighted by Crippen LogP contribution is 2.22. The number of rotatable bonds is 5. The number of nitrogens with zero attached hydrogens (tertiary/aromatic N) is 1. The molecule has 0 radical (unpaired) electrons. The molecule has 2 heteroatoms. The molecule has 0 aliphatic rings. The van der Waals surface area contributed by atoms with Crippen molar-refractivity contribution in [2.45, 2.75) is 20.3 Å². The minimum absolute atomic E-state index is 0.670. The summed E-state index contributed by atoms with van der Waals surface area (Å²) in [5, 5.41) is 4.55. The van der Waals surface area contributed by atoms with Gasteiger partial charge in [0.25, 0.3) is 0 Å². The highest BCUT2D eigenvalue weighted by Gasteiger charge is 2.13. The third-order valence-corrected chi connectivity index (χ3v) is 3.78. The zero-order valence-corrected chi connectivity index (χ0v) is 11.5. The molecule has 1 N–H and O–H groups in total. The molecule has 2 atom stereocenters. The fraction of sp³-hybridized carbons (Fsp3) is 0.438. The van der Waals surface area contributed by atoms with Crippen LogP contribution >= 0.6 is 0 Å². The van der Waals surface area contributed by atoms with Crippen LogP contribution in [0.2, 0.25) is 0 Å². The van der Waals surface area contributed by atoms with E-state index in [0.717, 1.165) is 18.5 Å². The quantitative estimate of drug-likeness (QED) is 0.870. The van der Waals surface area contributed by atoms with Crippen molar-refractivity contribution in [1.29, 1.82) is 0 Å². The minimum atomic E-state index is 0.670. The summed E-state index contributed by atoms with van der Waals surface area (Å²) in [4.78, 5) is 4.42. The molecule has 1 aromatic heterocycles. The summed E-state index contributed by atoms with van der Waals surface area (Å²) >= 11 is 0. The SMILES string of the molecule is CNCC(C)C(C)Cc1ccnc2ccccc12. The molecule has 0 aliphatic heterocycles. The summed E-state index contributed by atoms with van der Waals surface area (Å²) in [6.45, 7) is 5.71.